The Bertz CT molecular complexity index is 755. The molecule has 24 heavy (non-hydrogen) atoms. The summed E-state index contributed by atoms with van der Waals surface area (Å²) in [5.74, 6) is -0.0270. The van der Waals surface area contributed by atoms with Crippen LogP contribution in [0.25, 0.3) is 11.3 Å². The average molecular weight is 337 g/mol. The molecule has 0 aliphatic heterocycles. The highest BCUT2D eigenvalue weighted by atomic mass is 19.4. The Morgan fingerprint density at radius 2 is 1.71 bits per heavy atom. The summed E-state index contributed by atoms with van der Waals surface area (Å²) >= 11 is 0. The Labute approximate surface area is 138 Å². The molecule has 0 fully saturated rings. The number of benzene rings is 1. The quantitative estimate of drug-likeness (QED) is 0.860. The van der Waals surface area contributed by atoms with Crippen LogP contribution in [-0.4, -0.2) is 44.0 Å². The smallest absolute Gasteiger partial charge is 0.363 e. The van der Waals surface area contributed by atoms with Crippen molar-refractivity contribution >= 4 is 11.7 Å². The molecule has 0 radical (unpaired) electrons. The maximum atomic E-state index is 13.1. The van der Waals surface area contributed by atoms with E-state index in [1.54, 1.807) is 52.5 Å². The first-order valence-electron chi connectivity index (χ1n) is 7.18. The Kier molecular flexibility index (Phi) is 4.82. The molecular formula is C17H18F3N3O. The number of anilines is 1. The summed E-state index contributed by atoms with van der Waals surface area (Å²) in [7, 11) is 6.47. The fraction of sp³-hybridized carbons (Fsp3) is 0.294. The van der Waals surface area contributed by atoms with Gasteiger partial charge in [-0.25, -0.2) is 4.98 Å². The molecule has 128 valence electrons. The van der Waals surface area contributed by atoms with Crippen LogP contribution in [0.15, 0.2) is 36.4 Å². The van der Waals surface area contributed by atoms with Crippen molar-refractivity contribution in [1.29, 1.82) is 0 Å². The number of nitrogens with zero attached hydrogens (tertiary/aromatic N) is 3. The highest BCUT2D eigenvalue weighted by Gasteiger charge is 2.32. The van der Waals surface area contributed by atoms with Gasteiger partial charge in [-0.15, -0.1) is 0 Å². The van der Waals surface area contributed by atoms with E-state index in [-0.39, 0.29) is 17.4 Å². The molecule has 0 bridgehead atoms. The van der Waals surface area contributed by atoms with Crippen molar-refractivity contribution in [3.05, 3.63) is 47.5 Å². The van der Waals surface area contributed by atoms with Crippen LogP contribution in [0.5, 0.6) is 0 Å². The third kappa shape index (κ3) is 3.84. The minimum Gasteiger partial charge on any atom is -0.363 e. The number of carbonyl (C=O) groups excluding carboxylic acids is 1. The summed E-state index contributed by atoms with van der Waals surface area (Å²) < 4.78 is 39.4. The largest absolute Gasteiger partial charge is 0.416 e. The van der Waals surface area contributed by atoms with Crippen molar-refractivity contribution < 1.29 is 18.0 Å². The maximum Gasteiger partial charge on any atom is 0.416 e. The Morgan fingerprint density at radius 3 is 2.25 bits per heavy atom. The fourth-order valence-electron chi connectivity index (χ4n) is 2.13. The lowest BCUT2D eigenvalue weighted by Gasteiger charge is -2.17. The van der Waals surface area contributed by atoms with Gasteiger partial charge < -0.3 is 9.80 Å². The molecule has 1 heterocycles. The van der Waals surface area contributed by atoms with E-state index in [1.807, 2.05) is 0 Å². The first-order chi connectivity index (χ1) is 11.1. The zero-order valence-electron chi connectivity index (χ0n) is 13.8. The number of pyridine rings is 1. The van der Waals surface area contributed by atoms with E-state index >= 15 is 0 Å². The zero-order chi connectivity index (χ0) is 18.1. The maximum absolute atomic E-state index is 13.1. The number of hydrogen-bond donors (Lipinski definition) is 0. The molecule has 1 aromatic carbocycles. The van der Waals surface area contributed by atoms with Gasteiger partial charge in [0.1, 0.15) is 5.82 Å². The van der Waals surface area contributed by atoms with Crippen molar-refractivity contribution in [2.24, 2.45) is 0 Å². The summed E-state index contributed by atoms with van der Waals surface area (Å²) in [6.07, 6.45) is -4.47. The van der Waals surface area contributed by atoms with Crippen LogP contribution in [0.3, 0.4) is 0 Å². The Hall–Kier alpha value is -2.57. The van der Waals surface area contributed by atoms with E-state index in [4.69, 9.17) is 0 Å². The number of carbonyl (C=O) groups is 1. The Balaban J connectivity index is 2.58. The topological polar surface area (TPSA) is 36.4 Å². The van der Waals surface area contributed by atoms with Crippen LogP contribution in [0, 0.1) is 0 Å². The summed E-state index contributed by atoms with van der Waals surface area (Å²) in [5, 5.41) is 0. The molecular weight excluding hydrogens is 319 g/mol. The molecule has 2 aromatic rings. The number of halogens is 3. The molecule has 0 spiro atoms. The molecule has 1 amide bonds. The third-order valence-electron chi connectivity index (χ3n) is 3.41. The van der Waals surface area contributed by atoms with Crippen molar-refractivity contribution in [3.63, 3.8) is 0 Å². The molecule has 0 saturated carbocycles. The van der Waals surface area contributed by atoms with Crippen LogP contribution in [0.4, 0.5) is 19.0 Å². The predicted octanol–water partition coefficient (Wildman–Crippen LogP) is 3.54. The average Bonchev–Trinajstić information content (AvgIpc) is 2.52. The van der Waals surface area contributed by atoms with Gasteiger partial charge in [0.15, 0.2) is 0 Å². The van der Waals surface area contributed by atoms with Crippen molar-refractivity contribution in [2.45, 2.75) is 6.18 Å². The van der Waals surface area contributed by atoms with Gasteiger partial charge in [-0.1, -0.05) is 12.1 Å². The molecule has 0 saturated heterocycles. The number of rotatable bonds is 3. The van der Waals surface area contributed by atoms with Crippen LogP contribution in [0.2, 0.25) is 0 Å². The SMILES string of the molecule is CN(C)C(=O)c1cccc(-c2cc(C(F)(F)F)cc(N(C)C)n2)c1. The molecule has 0 aliphatic rings. The number of amides is 1. The standard InChI is InChI=1S/C17H18F3N3O/c1-22(2)15-10-13(17(18,19)20)9-14(21-15)11-6-5-7-12(8-11)16(24)23(3)4/h5-10H,1-4H3. The second-order valence-electron chi connectivity index (χ2n) is 5.77. The minimum absolute atomic E-state index is 0.168. The third-order valence-corrected chi connectivity index (χ3v) is 3.41. The van der Waals surface area contributed by atoms with Gasteiger partial charge in [0, 0.05) is 39.3 Å². The minimum atomic E-state index is -4.47. The molecule has 4 nitrogen and oxygen atoms in total. The normalized spacial score (nSPS) is 11.3. The van der Waals surface area contributed by atoms with E-state index in [0.29, 0.717) is 11.1 Å². The molecule has 0 aliphatic carbocycles. The van der Waals surface area contributed by atoms with Crippen LogP contribution in [0.1, 0.15) is 15.9 Å². The van der Waals surface area contributed by atoms with E-state index in [0.717, 1.165) is 12.1 Å². The van der Waals surface area contributed by atoms with Gasteiger partial charge in [0.25, 0.3) is 5.91 Å². The molecule has 0 unspecified atom stereocenters. The van der Waals surface area contributed by atoms with Gasteiger partial charge in [0.2, 0.25) is 0 Å². The second kappa shape index (κ2) is 6.51. The lowest BCUT2D eigenvalue weighted by Crippen LogP contribution is -2.21. The Morgan fingerprint density at radius 1 is 1.04 bits per heavy atom. The van der Waals surface area contributed by atoms with E-state index in [1.165, 1.54) is 9.80 Å². The van der Waals surface area contributed by atoms with E-state index < -0.39 is 11.7 Å². The van der Waals surface area contributed by atoms with E-state index in [2.05, 4.69) is 4.98 Å². The summed E-state index contributed by atoms with van der Waals surface area (Å²) in [5.41, 5.74) is 0.238. The van der Waals surface area contributed by atoms with Gasteiger partial charge in [-0.05, 0) is 24.3 Å². The van der Waals surface area contributed by atoms with Gasteiger partial charge in [0.05, 0.1) is 11.3 Å². The van der Waals surface area contributed by atoms with Gasteiger partial charge in [-0.2, -0.15) is 13.2 Å². The second-order valence-corrected chi connectivity index (χ2v) is 5.77. The zero-order valence-corrected chi connectivity index (χ0v) is 13.8. The predicted molar refractivity (Wildman–Crippen MR) is 87.0 cm³/mol. The van der Waals surface area contributed by atoms with Gasteiger partial charge >= 0.3 is 6.18 Å². The van der Waals surface area contributed by atoms with Crippen LogP contribution in [-0.2, 0) is 6.18 Å². The highest BCUT2D eigenvalue weighted by molar-refractivity contribution is 5.95. The summed E-state index contributed by atoms with van der Waals surface area (Å²) in [4.78, 5) is 19.2. The van der Waals surface area contributed by atoms with Crippen molar-refractivity contribution in [3.8, 4) is 11.3 Å². The molecule has 0 N–H and O–H groups in total. The number of alkyl halides is 3. The fourth-order valence-corrected chi connectivity index (χ4v) is 2.13. The van der Waals surface area contributed by atoms with Gasteiger partial charge in [-0.3, -0.25) is 4.79 Å². The van der Waals surface area contributed by atoms with Crippen molar-refractivity contribution in [2.75, 3.05) is 33.1 Å². The molecule has 7 heteroatoms. The lowest BCUT2D eigenvalue weighted by molar-refractivity contribution is -0.137. The summed E-state index contributed by atoms with van der Waals surface area (Å²) in [6.45, 7) is 0. The highest BCUT2D eigenvalue weighted by Crippen LogP contribution is 2.34. The van der Waals surface area contributed by atoms with Crippen LogP contribution >= 0.6 is 0 Å². The number of hydrogen-bond acceptors (Lipinski definition) is 3. The van der Waals surface area contributed by atoms with E-state index in [9.17, 15) is 18.0 Å². The first kappa shape index (κ1) is 17.8. The monoisotopic (exact) mass is 337 g/mol. The summed E-state index contributed by atoms with van der Waals surface area (Å²) in [6, 6.07) is 8.42. The first-order valence-corrected chi connectivity index (χ1v) is 7.18. The molecule has 2 rings (SSSR count). The molecule has 0 atom stereocenters. The number of aromatic nitrogens is 1. The van der Waals surface area contributed by atoms with Crippen LogP contribution < -0.4 is 4.90 Å². The van der Waals surface area contributed by atoms with Crippen molar-refractivity contribution in [1.82, 2.24) is 9.88 Å². The lowest BCUT2D eigenvalue weighted by atomic mass is 10.0. The molecule has 1 aromatic heterocycles.